The second-order valence-electron chi connectivity index (χ2n) is 7.84. The smallest absolute Gasteiger partial charge is 0.229 e. The fourth-order valence-corrected chi connectivity index (χ4v) is 4.10. The molecule has 1 N–H and O–H groups in total. The third-order valence-corrected chi connectivity index (χ3v) is 5.75. The van der Waals surface area contributed by atoms with Crippen molar-refractivity contribution < 1.29 is 18.8 Å². The molecule has 156 valence electrons. The van der Waals surface area contributed by atoms with Gasteiger partial charge < -0.3 is 15.1 Å². The second kappa shape index (κ2) is 7.89. The van der Waals surface area contributed by atoms with E-state index in [1.54, 1.807) is 22.8 Å². The largest absolute Gasteiger partial charge is 0.323 e. The molecule has 6 nitrogen and oxygen atoms in total. The number of carbonyl (C=O) groups is 3. The highest BCUT2D eigenvalue weighted by Crippen LogP contribution is 2.34. The van der Waals surface area contributed by atoms with Gasteiger partial charge in [-0.25, -0.2) is 4.39 Å². The number of nitrogens with zero attached hydrogens (tertiary/aromatic N) is 2. The predicted molar refractivity (Wildman–Crippen MR) is 113 cm³/mol. The summed E-state index contributed by atoms with van der Waals surface area (Å²) in [5.41, 5.74) is 3.53. The summed E-state index contributed by atoms with van der Waals surface area (Å²) in [6.45, 7) is 4.50. The van der Waals surface area contributed by atoms with Crippen molar-refractivity contribution in [2.45, 2.75) is 33.1 Å². The number of anilines is 3. The van der Waals surface area contributed by atoms with Crippen molar-refractivity contribution in [2.24, 2.45) is 5.92 Å². The summed E-state index contributed by atoms with van der Waals surface area (Å²) in [7, 11) is 0. The standard InChI is InChI=1S/C23H24FN3O3/c1-3-21(28)26-9-8-15-11-17(5-7-20(15)26)27-13-16(12-22(27)29)23(30)25-19-6-4-14(2)10-18(19)24/h4-7,10-11,16H,3,8-9,12-13H2,1-2H3,(H,25,30)/t16-/m0/s1. The van der Waals surface area contributed by atoms with Gasteiger partial charge >= 0.3 is 0 Å². The number of nitrogens with one attached hydrogen (secondary N) is 1. The van der Waals surface area contributed by atoms with Gasteiger partial charge in [-0.1, -0.05) is 13.0 Å². The number of hydrogen-bond donors (Lipinski definition) is 1. The first-order chi connectivity index (χ1) is 14.4. The van der Waals surface area contributed by atoms with Crippen LogP contribution in [0.5, 0.6) is 0 Å². The third kappa shape index (κ3) is 3.67. The van der Waals surface area contributed by atoms with E-state index in [0.717, 1.165) is 28.9 Å². The van der Waals surface area contributed by atoms with E-state index in [1.807, 2.05) is 25.1 Å². The molecule has 30 heavy (non-hydrogen) atoms. The average molecular weight is 409 g/mol. The number of halogens is 1. The Morgan fingerprint density at radius 3 is 2.73 bits per heavy atom. The van der Waals surface area contributed by atoms with E-state index in [9.17, 15) is 18.8 Å². The first-order valence-electron chi connectivity index (χ1n) is 10.2. The molecule has 0 saturated carbocycles. The first-order valence-corrected chi connectivity index (χ1v) is 10.2. The van der Waals surface area contributed by atoms with Crippen LogP contribution < -0.4 is 15.1 Å². The number of hydrogen-bond acceptors (Lipinski definition) is 3. The fraction of sp³-hybridized carbons (Fsp3) is 0.348. The lowest BCUT2D eigenvalue weighted by Crippen LogP contribution is -2.28. The zero-order valence-corrected chi connectivity index (χ0v) is 17.1. The van der Waals surface area contributed by atoms with E-state index in [0.29, 0.717) is 13.0 Å². The molecule has 2 aliphatic heterocycles. The van der Waals surface area contributed by atoms with Gasteiger partial charge in [-0.05, 0) is 54.8 Å². The van der Waals surface area contributed by atoms with Crippen molar-refractivity contribution in [3.05, 3.63) is 53.3 Å². The van der Waals surface area contributed by atoms with Gasteiger partial charge in [-0.2, -0.15) is 0 Å². The average Bonchev–Trinajstić information content (AvgIpc) is 3.32. The quantitative estimate of drug-likeness (QED) is 0.841. The number of aryl methyl sites for hydroxylation is 1. The van der Waals surface area contributed by atoms with Crippen LogP contribution in [0.4, 0.5) is 21.5 Å². The Bertz CT molecular complexity index is 1040. The Balaban J connectivity index is 1.47. The predicted octanol–water partition coefficient (Wildman–Crippen LogP) is 3.42. The van der Waals surface area contributed by atoms with Crippen LogP contribution in [0.2, 0.25) is 0 Å². The maximum absolute atomic E-state index is 14.0. The molecule has 0 unspecified atom stereocenters. The summed E-state index contributed by atoms with van der Waals surface area (Å²) < 4.78 is 14.0. The summed E-state index contributed by atoms with van der Waals surface area (Å²) in [6, 6.07) is 10.2. The summed E-state index contributed by atoms with van der Waals surface area (Å²) in [5.74, 6) is -1.47. The van der Waals surface area contributed by atoms with Crippen molar-refractivity contribution in [1.29, 1.82) is 0 Å². The van der Waals surface area contributed by atoms with Crippen LogP contribution in [0.3, 0.4) is 0 Å². The Kier molecular flexibility index (Phi) is 5.28. The number of rotatable bonds is 4. The Morgan fingerprint density at radius 2 is 2.00 bits per heavy atom. The molecule has 1 fully saturated rings. The zero-order valence-electron chi connectivity index (χ0n) is 17.1. The molecule has 7 heteroatoms. The maximum atomic E-state index is 14.0. The molecular weight excluding hydrogens is 385 g/mol. The number of fused-ring (bicyclic) bond motifs is 1. The van der Waals surface area contributed by atoms with Crippen LogP contribution in [0.1, 0.15) is 30.9 Å². The van der Waals surface area contributed by atoms with Crippen LogP contribution in [0, 0.1) is 18.7 Å². The minimum Gasteiger partial charge on any atom is -0.323 e. The van der Waals surface area contributed by atoms with Crippen molar-refractivity contribution >= 4 is 34.8 Å². The van der Waals surface area contributed by atoms with Crippen LogP contribution in [0.15, 0.2) is 36.4 Å². The normalized spacial score (nSPS) is 18.0. The number of carbonyl (C=O) groups excluding carboxylic acids is 3. The van der Waals surface area contributed by atoms with Crippen molar-refractivity contribution in [3.63, 3.8) is 0 Å². The lowest BCUT2D eigenvalue weighted by molar-refractivity contribution is -0.122. The maximum Gasteiger partial charge on any atom is 0.229 e. The third-order valence-electron chi connectivity index (χ3n) is 5.75. The van der Waals surface area contributed by atoms with Crippen molar-refractivity contribution in [2.75, 3.05) is 28.2 Å². The molecule has 1 saturated heterocycles. The van der Waals surface area contributed by atoms with Crippen LogP contribution >= 0.6 is 0 Å². The Morgan fingerprint density at radius 1 is 1.20 bits per heavy atom. The summed E-state index contributed by atoms with van der Waals surface area (Å²) in [6.07, 6.45) is 1.27. The van der Waals surface area contributed by atoms with E-state index in [-0.39, 0.29) is 36.4 Å². The van der Waals surface area contributed by atoms with Gasteiger partial charge in [0.05, 0.1) is 11.6 Å². The van der Waals surface area contributed by atoms with E-state index < -0.39 is 11.7 Å². The van der Waals surface area contributed by atoms with E-state index in [4.69, 9.17) is 0 Å². The highest BCUT2D eigenvalue weighted by atomic mass is 19.1. The number of benzene rings is 2. The molecule has 0 bridgehead atoms. The molecule has 4 rings (SSSR count). The van der Waals surface area contributed by atoms with Crippen LogP contribution in [-0.4, -0.2) is 30.8 Å². The molecule has 0 aromatic heterocycles. The molecule has 0 spiro atoms. The monoisotopic (exact) mass is 409 g/mol. The van der Waals surface area contributed by atoms with Gasteiger partial charge in [0.25, 0.3) is 0 Å². The molecule has 3 amide bonds. The Labute approximate surface area is 174 Å². The Hall–Kier alpha value is -3.22. The molecule has 2 aliphatic rings. The topological polar surface area (TPSA) is 69.7 Å². The molecule has 0 radical (unpaired) electrons. The summed E-state index contributed by atoms with van der Waals surface area (Å²) >= 11 is 0. The highest BCUT2D eigenvalue weighted by Gasteiger charge is 2.36. The highest BCUT2D eigenvalue weighted by molar-refractivity contribution is 6.04. The van der Waals surface area contributed by atoms with Crippen molar-refractivity contribution in [1.82, 2.24) is 0 Å². The van der Waals surface area contributed by atoms with E-state index in [1.165, 1.54) is 12.1 Å². The van der Waals surface area contributed by atoms with Gasteiger partial charge in [0, 0.05) is 37.3 Å². The van der Waals surface area contributed by atoms with Crippen LogP contribution in [-0.2, 0) is 20.8 Å². The lowest BCUT2D eigenvalue weighted by atomic mass is 10.1. The minimum absolute atomic E-state index is 0.0802. The van der Waals surface area contributed by atoms with E-state index in [2.05, 4.69) is 5.32 Å². The minimum atomic E-state index is -0.551. The first kappa shape index (κ1) is 20.1. The lowest BCUT2D eigenvalue weighted by Gasteiger charge is -2.20. The molecule has 2 aromatic rings. The molecule has 2 aromatic carbocycles. The van der Waals surface area contributed by atoms with Gasteiger partial charge in [0.2, 0.25) is 17.7 Å². The number of amides is 3. The molecule has 1 atom stereocenters. The zero-order chi connectivity index (χ0) is 21.4. The molecule has 2 heterocycles. The van der Waals surface area contributed by atoms with Gasteiger partial charge in [-0.3, -0.25) is 14.4 Å². The van der Waals surface area contributed by atoms with Gasteiger partial charge in [0.15, 0.2) is 0 Å². The second-order valence-corrected chi connectivity index (χ2v) is 7.84. The van der Waals surface area contributed by atoms with Gasteiger partial charge in [-0.15, -0.1) is 0 Å². The fourth-order valence-electron chi connectivity index (χ4n) is 4.10. The van der Waals surface area contributed by atoms with Gasteiger partial charge in [0.1, 0.15) is 5.82 Å². The SMILES string of the molecule is CCC(=O)N1CCc2cc(N3C[C@@H](C(=O)Nc4ccc(C)cc4F)CC3=O)ccc21. The molecular formula is C23H24FN3O3. The van der Waals surface area contributed by atoms with Crippen LogP contribution in [0.25, 0.3) is 0 Å². The summed E-state index contributed by atoms with van der Waals surface area (Å²) in [5, 5.41) is 2.60. The van der Waals surface area contributed by atoms with E-state index >= 15 is 0 Å². The summed E-state index contributed by atoms with van der Waals surface area (Å²) in [4.78, 5) is 40.6. The molecule has 0 aliphatic carbocycles. The van der Waals surface area contributed by atoms with Crippen molar-refractivity contribution in [3.8, 4) is 0 Å².